The van der Waals surface area contributed by atoms with E-state index in [9.17, 15) is 9.18 Å². The molecule has 0 saturated heterocycles. The second kappa shape index (κ2) is 9.59. The van der Waals surface area contributed by atoms with E-state index < -0.39 is 0 Å². The largest absolute Gasteiger partial charge is 0.494 e. The molecule has 4 nitrogen and oxygen atoms in total. The first-order chi connectivity index (χ1) is 12.0. The van der Waals surface area contributed by atoms with Crippen molar-refractivity contribution in [3.63, 3.8) is 0 Å². The van der Waals surface area contributed by atoms with Crippen LogP contribution in [0, 0.1) is 5.82 Å². The van der Waals surface area contributed by atoms with Crippen molar-refractivity contribution in [1.82, 2.24) is 4.90 Å². The Balaban J connectivity index is 1.81. The van der Waals surface area contributed by atoms with Crippen molar-refractivity contribution >= 4 is 17.7 Å². The van der Waals surface area contributed by atoms with Gasteiger partial charge in [-0.15, -0.1) is 0 Å². The number of rotatable bonds is 8. The highest BCUT2D eigenvalue weighted by molar-refractivity contribution is 6.01. The van der Waals surface area contributed by atoms with Crippen LogP contribution in [0.1, 0.15) is 12.0 Å². The molecule has 0 aromatic heterocycles. The Kier molecular flexibility index (Phi) is 7.16. The summed E-state index contributed by atoms with van der Waals surface area (Å²) in [4.78, 5) is 14.0. The van der Waals surface area contributed by atoms with Gasteiger partial charge in [0.15, 0.2) is 0 Å². The fourth-order valence-electron chi connectivity index (χ4n) is 2.17. The summed E-state index contributed by atoms with van der Waals surface area (Å²) in [6.07, 6.45) is 3.90. The molecule has 2 aromatic rings. The summed E-state index contributed by atoms with van der Waals surface area (Å²) < 4.78 is 18.7. The Hall–Kier alpha value is -2.66. The number of benzene rings is 2. The average molecular weight is 342 g/mol. The van der Waals surface area contributed by atoms with Crippen LogP contribution in [0.3, 0.4) is 0 Å². The molecular formula is C20H23FN2O2. The standard InChI is InChI=1S/C20H23FN2O2/c1-23(2)13-4-14-25-19-10-8-18(9-11-19)22-20(24)12-7-16-5-3-6-17(21)15-16/h3,5-12,15H,4,13-14H2,1-2H3,(H,22,24)/b12-7+. The van der Waals surface area contributed by atoms with E-state index in [1.807, 2.05) is 26.2 Å². The highest BCUT2D eigenvalue weighted by Crippen LogP contribution is 2.16. The lowest BCUT2D eigenvalue weighted by atomic mass is 10.2. The Labute approximate surface area is 147 Å². The highest BCUT2D eigenvalue weighted by Gasteiger charge is 2.00. The first-order valence-corrected chi connectivity index (χ1v) is 8.15. The van der Waals surface area contributed by atoms with E-state index in [2.05, 4.69) is 10.2 Å². The van der Waals surface area contributed by atoms with E-state index in [-0.39, 0.29) is 11.7 Å². The zero-order valence-corrected chi connectivity index (χ0v) is 14.5. The minimum atomic E-state index is -0.330. The molecule has 2 rings (SSSR count). The van der Waals surface area contributed by atoms with E-state index in [4.69, 9.17) is 4.74 Å². The molecule has 0 spiro atoms. The first-order valence-electron chi connectivity index (χ1n) is 8.15. The maximum Gasteiger partial charge on any atom is 0.248 e. The van der Waals surface area contributed by atoms with Gasteiger partial charge in [0.05, 0.1) is 6.61 Å². The molecule has 0 fully saturated rings. The molecule has 5 heteroatoms. The molecule has 0 aliphatic carbocycles. The van der Waals surface area contributed by atoms with Crippen molar-refractivity contribution in [2.24, 2.45) is 0 Å². The molecule has 0 saturated carbocycles. The normalized spacial score (nSPS) is 11.0. The molecule has 0 atom stereocenters. The third kappa shape index (κ3) is 7.18. The molecule has 2 aromatic carbocycles. The average Bonchev–Trinajstić information content (AvgIpc) is 2.58. The van der Waals surface area contributed by atoms with Crippen molar-refractivity contribution in [2.45, 2.75) is 6.42 Å². The number of hydrogen-bond acceptors (Lipinski definition) is 3. The van der Waals surface area contributed by atoms with Gasteiger partial charge in [-0.05, 0) is 68.6 Å². The van der Waals surface area contributed by atoms with Gasteiger partial charge in [0.2, 0.25) is 5.91 Å². The fourth-order valence-corrected chi connectivity index (χ4v) is 2.17. The highest BCUT2D eigenvalue weighted by atomic mass is 19.1. The van der Waals surface area contributed by atoms with Gasteiger partial charge < -0.3 is 15.0 Å². The zero-order valence-electron chi connectivity index (χ0n) is 14.5. The monoisotopic (exact) mass is 342 g/mol. The summed E-state index contributed by atoms with van der Waals surface area (Å²) >= 11 is 0. The van der Waals surface area contributed by atoms with Crippen LogP contribution in [0.2, 0.25) is 0 Å². The Bertz CT molecular complexity index is 712. The first kappa shape index (κ1) is 18.7. The number of nitrogens with one attached hydrogen (secondary N) is 1. The van der Waals surface area contributed by atoms with Gasteiger partial charge in [-0.25, -0.2) is 4.39 Å². The number of ether oxygens (including phenoxy) is 1. The van der Waals surface area contributed by atoms with Gasteiger partial charge in [-0.1, -0.05) is 12.1 Å². The van der Waals surface area contributed by atoms with Crippen molar-refractivity contribution in [2.75, 3.05) is 32.6 Å². The minimum absolute atomic E-state index is 0.274. The van der Waals surface area contributed by atoms with Crippen LogP contribution >= 0.6 is 0 Å². The van der Waals surface area contributed by atoms with E-state index in [1.165, 1.54) is 18.2 Å². The van der Waals surface area contributed by atoms with Crippen LogP contribution < -0.4 is 10.1 Å². The van der Waals surface area contributed by atoms with Gasteiger partial charge >= 0.3 is 0 Å². The number of amides is 1. The second-order valence-electron chi connectivity index (χ2n) is 5.91. The van der Waals surface area contributed by atoms with Gasteiger partial charge in [0.1, 0.15) is 11.6 Å². The lowest BCUT2D eigenvalue weighted by molar-refractivity contribution is -0.111. The molecular weight excluding hydrogens is 319 g/mol. The third-order valence-electron chi connectivity index (χ3n) is 3.42. The van der Waals surface area contributed by atoms with Crippen LogP contribution in [0.25, 0.3) is 6.08 Å². The number of anilines is 1. The van der Waals surface area contributed by atoms with Crippen molar-refractivity contribution in [3.8, 4) is 5.75 Å². The number of halogens is 1. The molecule has 25 heavy (non-hydrogen) atoms. The second-order valence-corrected chi connectivity index (χ2v) is 5.91. The van der Waals surface area contributed by atoms with Crippen LogP contribution in [0.15, 0.2) is 54.6 Å². The van der Waals surface area contributed by atoms with Crippen molar-refractivity contribution in [3.05, 3.63) is 66.0 Å². The predicted octanol–water partition coefficient (Wildman–Crippen LogP) is 3.81. The summed E-state index contributed by atoms with van der Waals surface area (Å²) in [6, 6.07) is 13.3. The Morgan fingerprint density at radius 1 is 1.20 bits per heavy atom. The van der Waals surface area contributed by atoms with Gasteiger partial charge in [0.25, 0.3) is 0 Å². The summed E-state index contributed by atoms with van der Waals surface area (Å²) in [7, 11) is 4.06. The number of carbonyl (C=O) groups excluding carboxylic acids is 1. The molecule has 1 amide bonds. The van der Waals surface area contributed by atoms with Crippen molar-refractivity contribution < 1.29 is 13.9 Å². The molecule has 0 aliphatic rings. The number of hydrogen-bond donors (Lipinski definition) is 1. The van der Waals surface area contributed by atoms with E-state index >= 15 is 0 Å². The van der Waals surface area contributed by atoms with Gasteiger partial charge in [0, 0.05) is 18.3 Å². The molecule has 0 unspecified atom stereocenters. The zero-order chi connectivity index (χ0) is 18.1. The van der Waals surface area contributed by atoms with Crippen LogP contribution in [-0.4, -0.2) is 38.1 Å². The smallest absolute Gasteiger partial charge is 0.248 e. The molecule has 132 valence electrons. The lowest BCUT2D eigenvalue weighted by Crippen LogP contribution is -2.15. The van der Waals surface area contributed by atoms with E-state index in [0.717, 1.165) is 18.7 Å². The summed E-state index contributed by atoms with van der Waals surface area (Å²) in [5, 5.41) is 2.75. The molecule has 0 radical (unpaired) electrons. The minimum Gasteiger partial charge on any atom is -0.494 e. The molecule has 0 bridgehead atoms. The maximum atomic E-state index is 13.1. The van der Waals surface area contributed by atoms with Crippen LogP contribution in [-0.2, 0) is 4.79 Å². The molecule has 0 aliphatic heterocycles. The summed E-state index contributed by atoms with van der Waals surface area (Å²) in [6.45, 7) is 1.63. The van der Waals surface area contributed by atoms with Crippen LogP contribution in [0.5, 0.6) is 5.75 Å². The topological polar surface area (TPSA) is 41.6 Å². The lowest BCUT2D eigenvalue weighted by Gasteiger charge is -2.10. The predicted molar refractivity (Wildman–Crippen MR) is 99.2 cm³/mol. The van der Waals surface area contributed by atoms with Crippen molar-refractivity contribution in [1.29, 1.82) is 0 Å². The van der Waals surface area contributed by atoms with Gasteiger partial charge in [-0.2, -0.15) is 0 Å². The maximum absolute atomic E-state index is 13.1. The van der Waals surface area contributed by atoms with E-state index in [1.54, 1.807) is 30.3 Å². The molecule has 1 N–H and O–H groups in total. The summed E-state index contributed by atoms with van der Waals surface area (Å²) in [5.41, 5.74) is 1.31. The Morgan fingerprint density at radius 3 is 2.64 bits per heavy atom. The summed E-state index contributed by atoms with van der Waals surface area (Å²) in [5.74, 6) is 0.166. The number of nitrogens with zero attached hydrogens (tertiary/aromatic N) is 1. The van der Waals surface area contributed by atoms with Gasteiger partial charge in [-0.3, -0.25) is 4.79 Å². The third-order valence-corrected chi connectivity index (χ3v) is 3.42. The molecule has 0 heterocycles. The van der Waals surface area contributed by atoms with Crippen LogP contribution in [0.4, 0.5) is 10.1 Å². The fraction of sp³-hybridized carbons (Fsp3) is 0.250. The SMILES string of the molecule is CN(C)CCCOc1ccc(NC(=O)/C=C/c2cccc(F)c2)cc1. The Morgan fingerprint density at radius 2 is 1.96 bits per heavy atom. The number of carbonyl (C=O) groups is 1. The quantitative estimate of drug-likeness (QED) is 0.586. The van der Waals surface area contributed by atoms with E-state index in [0.29, 0.717) is 17.9 Å².